The number of nitrogens with zero attached hydrogens (tertiary/aromatic N) is 3. The average Bonchev–Trinajstić information content (AvgIpc) is 3.22. The molecule has 0 aliphatic heterocycles. The molecule has 4 nitrogen and oxygen atoms in total. The van der Waals surface area contributed by atoms with Gasteiger partial charge in [0, 0.05) is 30.4 Å². The zero-order valence-electron chi connectivity index (χ0n) is 14.5. The second kappa shape index (κ2) is 7.13. The van der Waals surface area contributed by atoms with Crippen molar-refractivity contribution in [3.8, 4) is 11.1 Å². The van der Waals surface area contributed by atoms with Crippen molar-refractivity contribution in [2.24, 2.45) is 0 Å². The summed E-state index contributed by atoms with van der Waals surface area (Å²) in [5.41, 5.74) is 1.73. The Hall–Kier alpha value is -3.31. The highest BCUT2D eigenvalue weighted by atomic mass is 19.1. The number of halogens is 1. The number of pyridine rings is 1. The van der Waals surface area contributed by atoms with Gasteiger partial charge in [-0.2, -0.15) is 0 Å². The van der Waals surface area contributed by atoms with Crippen molar-refractivity contribution in [2.75, 3.05) is 0 Å². The van der Waals surface area contributed by atoms with Crippen LogP contribution in [0.4, 0.5) is 4.39 Å². The quantitative estimate of drug-likeness (QED) is 0.585. The predicted octanol–water partition coefficient (Wildman–Crippen LogP) is 4.02. The van der Waals surface area contributed by atoms with Gasteiger partial charge in [0.1, 0.15) is 11.4 Å². The highest BCUT2D eigenvalue weighted by Gasteiger charge is 2.34. The minimum Gasteiger partial charge on any atom is -0.378 e. The fourth-order valence-electron chi connectivity index (χ4n) is 3.32. The van der Waals surface area contributed by atoms with E-state index in [1.165, 1.54) is 12.1 Å². The van der Waals surface area contributed by atoms with Gasteiger partial charge >= 0.3 is 0 Å². The fourth-order valence-corrected chi connectivity index (χ4v) is 3.32. The summed E-state index contributed by atoms with van der Waals surface area (Å²) in [5, 5.41) is 11.9. The Balaban J connectivity index is 1.91. The molecule has 2 aromatic carbocycles. The third kappa shape index (κ3) is 3.37. The van der Waals surface area contributed by atoms with E-state index in [0.717, 1.165) is 16.7 Å². The molecule has 0 spiro atoms. The second-order valence-electron chi connectivity index (χ2n) is 6.39. The van der Waals surface area contributed by atoms with Gasteiger partial charge in [0.2, 0.25) is 0 Å². The third-order valence-electron chi connectivity index (χ3n) is 4.64. The maximum Gasteiger partial charge on any atom is 0.133 e. The maximum atomic E-state index is 13.5. The largest absolute Gasteiger partial charge is 0.378 e. The van der Waals surface area contributed by atoms with Gasteiger partial charge in [0.25, 0.3) is 0 Å². The summed E-state index contributed by atoms with van der Waals surface area (Å²) < 4.78 is 15.3. The summed E-state index contributed by atoms with van der Waals surface area (Å²) in [6.45, 7) is 0.246. The zero-order valence-corrected chi connectivity index (χ0v) is 14.5. The van der Waals surface area contributed by atoms with E-state index >= 15 is 0 Å². The lowest BCUT2D eigenvalue weighted by atomic mass is 9.82. The molecule has 4 rings (SSSR count). The molecule has 1 unspecified atom stereocenters. The van der Waals surface area contributed by atoms with Gasteiger partial charge in [-0.15, -0.1) is 0 Å². The molecular weight excluding hydrogens is 341 g/mol. The Morgan fingerprint density at radius 2 is 1.74 bits per heavy atom. The Bertz CT molecular complexity index is 1020. The summed E-state index contributed by atoms with van der Waals surface area (Å²) in [4.78, 5) is 8.27. The summed E-state index contributed by atoms with van der Waals surface area (Å²) in [6, 6.07) is 17.4. The van der Waals surface area contributed by atoms with Crippen LogP contribution in [0.15, 0.2) is 91.8 Å². The van der Waals surface area contributed by atoms with E-state index in [1.807, 2.05) is 41.0 Å². The van der Waals surface area contributed by atoms with Crippen molar-refractivity contribution >= 4 is 0 Å². The van der Waals surface area contributed by atoms with Crippen LogP contribution in [0.2, 0.25) is 0 Å². The first-order valence-corrected chi connectivity index (χ1v) is 8.61. The molecule has 0 amide bonds. The maximum absolute atomic E-state index is 13.5. The van der Waals surface area contributed by atoms with Crippen LogP contribution in [0.25, 0.3) is 11.1 Å². The number of aliphatic hydroxyl groups is 1. The minimum absolute atomic E-state index is 0.246. The van der Waals surface area contributed by atoms with Crippen molar-refractivity contribution in [1.29, 1.82) is 0 Å². The van der Waals surface area contributed by atoms with Gasteiger partial charge in [-0.25, -0.2) is 9.37 Å². The van der Waals surface area contributed by atoms with Crippen LogP contribution >= 0.6 is 0 Å². The SMILES string of the molecule is OC(Cn1ccnc1)(c1ccc(F)cc1)c1ccccc1-c1cccnc1. The van der Waals surface area contributed by atoms with Crippen LogP contribution in [0.5, 0.6) is 0 Å². The first kappa shape index (κ1) is 17.1. The molecule has 0 saturated carbocycles. The normalized spacial score (nSPS) is 13.3. The Kier molecular flexibility index (Phi) is 4.52. The van der Waals surface area contributed by atoms with Crippen molar-refractivity contribution in [3.63, 3.8) is 0 Å². The van der Waals surface area contributed by atoms with E-state index in [0.29, 0.717) is 5.56 Å². The molecule has 2 aromatic heterocycles. The first-order chi connectivity index (χ1) is 13.2. The molecule has 5 heteroatoms. The van der Waals surface area contributed by atoms with Crippen molar-refractivity contribution < 1.29 is 9.50 Å². The highest BCUT2D eigenvalue weighted by molar-refractivity contribution is 5.68. The van der Waals surface area contributed by atoms with Crippen LogP contribution in [0, 0.1) is 5.82 Å². The van der Waals surface area contributed by atoms with Gasteiger partial charge in [-0.1, -0.05) is 42.5 Å². The third-order valence-corrected chi connectivity index (χ3v) is 4.64. The molecule has 134 valence electrons. The Morgan fingerprint density at radius 1 is 0.926 bits per heavy atom. The Labute approximate surface area is 156 Å². The molecule has 1 N–H and O–H groups in total. The van der Waals surface area contributed by atoms with Crippen LogP contribution in [0.3, 0.4) is 0 Å². The summed E-state index contributed by atoms with van der Waals surface area (Å²) in [5.74, 6) is -0.343. The number of benzene rings is 2. The lowest BCUT2D eigenvalue weighted by molar-refractivity contribution is 0.0617. The molecule has 1 atom stereocenters. The fraction of sp³-hybridized carbons (Fsp3) is 0.0909. The molecule has 0 radical (unpaired) electrons. The van der Waals surface area contributed by atoms with Crippen LogP contribution in [0.1, 0.15) is 11.1 Å². The first-order valence-electron chi connectivity index (χ1n) is 8.61. The number of rotatable bonds is 5. The topological polar surface area (TPSA) is 50.9 Å². The van der Waals surface area contributed by atoms with Crippen molar-refractivity contribution in [2.45, 2.75) is 12.1 Å². The van der Waals surface area contributed by atoms with E-state index in [-0.39, 0.29) is 12.4 Å². The van der Waals surface area contributed by atoms with Crippen molar-refractivity contribution in [3.05, 3.63) is 109 Å². The second-order valence-corrected chi connectivity index (χ2v) is 6.39. The van der Waals surface area contributed by atoms with Crippen molar-refractivity contribution in [1.82, 2.24) is 14.5 Å². The van der Waals surface area contributed by atoms with Crippen LogP contribution < -0.4 is 0 Å². The standard InChI is InChI=1S/C22H18FN3O/c23-19-9-7-18(8-10-19)22(27,15-26-13-12-25-16-26)21-6-2-1-5-20(21)17-4-3-11-24-14-17/h1-14,16,27H,15H2. The van der Waals surface area contributed by atoms with E-state index in [4.69, 9.17) is 0 Å². The lowest BCUT2D eigenvalue weighted by Gasteiger charge is -2.31. The number of aromatic nitrogens is 3. The molecule has 2 heterocycles. The predicted molar refractivity (Wildman–Crippen MR) is 101 cm³/mol. The monoisotopic (exact) mass is 359 g/mol. The molecule has 4 aromatic rings. The van der Waals surface area contributed by atoms with Gasteiger partial charge in [-0.05, 0) is 34.9 Å². The van der Waals surface area contributed by atoms with Gasteiger partial charge in [0.05, 0.1) is 12.9 Å². The summed E-state index contributed by atoms with van der Waals surface area (Å²) in [7, 11) is 0. The molecule has 0 saturated heterocycles. The average molecular weight is 359 g/mol. The van der Waals surface area contributed by atoms with E-state index in [9.17, 15) is 9.50 Å². The zero-order chi connectivity index (χ0) is 18.7. The molecule has 0 fully saturated rings. The number of imidazole rings is 1. The molecule has 0 aliphatic carbocycles. The smallest absolute Gasteiger partial charge is 0.133 e. The van der Waals surface area contributed by atoms with Crippen LogP contribution in [-0.2, 0) is 12.1 Å². The van der Waals surface area contributed by atoms with E-state index < -0.39 is 5.60 Å². The molecule has 27 heavy (non-hydrogen) atoms. The molecule has 0 bridgehead atoms. The van der Waals surface area contributed by atoms with Gasteiger partial charge in [0.15, 0.2) is 0 Å². The summed E-state index contributed by atoms with van der Waals surface area (Å²) in [6.07, 6.45) is 8.59. The minimum atomic E-state index is -1.37. The van der Waals surface area contributed by atoms with Gasteiger partial charge < -0.3 is 9.67 Å². The summed E-state index contributed by atoms with van der Waals surface area (Å²) >= 11 is 0. The lowest BCUT2D eigenvalue weighted by Crippen LogP contribution is -2.33. The van der Waals surface area contributed by atoms with Gasteiger partial charge in [-0.3, -0.25) is 4.98 Å². The number of hydrogen-bond acceptors (Lipinski definition) is 3. The van der Waals surface area contributed by atoms with E-state index in [1.54, 1.807) is 43.2 Å². The van der Waals surface area contributed by atoms with E-state index in [2.05, 4.69) is 9.97 Å². The number of hydrogen-bond donors (Lipinski definition) is 1. The molecular formula is C22H18FN3O. The Morgan fingerprint density at radius 3 is 2.44 bits per heavy atom. The van der Waals surface area contributed by atoms with Crippen LogP contribution in [-0.4, -0.2) is 19.6 Å². The highest BCUT2D eigenvalue weighted by Crippen LogP contribution is 2.37. The molecule has 0 aliphatic rings.